The summed E-state index contributed by atoms with van der Waals surface area (Å²) in [6.45, 7) is 4.51. The van der Waals surface area contributed by atoms with Crippen molar-refractivity contribution in [2.75, 3.05) is 0 Å². The van der Waals surface area contributed by atoms with E-state index in [0.717, 1.165) is 17.1 Å². The number of imidazole rings is 1. The van der Waals surface area contributed by atoms with Gasteiger partial charge in [0.15, 0.2) is 0 Å². The van der Waals surface area contributed by atoms with Crippen molar-refractivity contribution in [1.29, 1.82) is 0 Å². The molecule has 3 rings (SSSR count). The molecule has 3 aromatic rings. The molecule has 24 heavy (non-hydrogen) atoms. The molecule has 0 aliphatic heterocycles. The van der Waals surface area contributed by atoms with E-state index in [1.807, 2.05) is 35.0 Å². The minimum atomic E-state index is -0.184. The Morgan fingerprint density at radius 3 is 2.79 bits per heavy atom. The van der Waals surface area contributed by atoms with Crippen molar-refractivity contribution in [2.45, 2.75) is 26.3 Å². The number of aromatic nitrogens is 4. The van der Waals surface area contributed by atoms with E-state index in [4.69, 9.17) is 0 Å². The van der Waals surface area contributed by atoms with E-state index < -0.39 is 0 Å². The van der Waals surface area contributed by atoms with E-state index in [0.29, 0.717) is 12.2 Å². The van der Waals surface area contributed by atoms with Crippen molar-refractivity contribution in [2.24, 2.45) is 0 Å². The van der Waals surface area contributed by atoms with Crippen LogP contribution in [0.2, 0.25) is 0 Å². The van der Waals surface area contributed by atoms with Crippen LogP contribution in [0.3, 0.4) is 0 Å². The van der Waals surface area contributed by atoms with E-state index in [-0.39, 0.29) is 11.8 Å². The van der Waals surface area contributed by atoms with Crippen molar-refractivity contribution in [3.05, 3.63) is 72.2 Å². The van der Waals surface area contributed by atoms with Gasteiger partial charge in [0.05, 0.1) is 0 Å². The third-order valence-electron chi connectivity index (χ3n) is 3.63. The second-order valence-electron chi connectivity index (χ2n) is 5.78. The highest BCUT2D eigenvalue weighted by Crippen LogP contribution is 2.11. The number of rotatable bonds is 5. The Kier molecular flexibility index (Phi) is 4.65. The van der Waals surface area contributed by atoms with E-state index in [1.54, 1.807) is 24.8 Å². The quantitative estimate of drug-likeness (QED) is 0.784. The molecule has 0 saturated carbocycles. The van der Waals surface area contributed by atoms with Gasteiger partial charge in [-0.3, -0.25) is 9.36 Å². The van der Waals surface area contributed by atoms with Crippen LogP contribution in [-0.4, -0.2) is 25.4 Å². The number of carbonyl (C=O) groups is 1. The maximum absolute atomic E-state index is 12.2. The summed E-state index contributed by atoms with van der Waals surface area (Å²) < 4.78 is 1.82. The van der Waals surface area contributed by atoms with Crippen LogP contribution in [-0.2, 0) is 6.54 Å². The van der Waals surface area contributed by atoms with Gasteiger partial charge in [-0.1, -0.05) is 26.0 Å². The van der Waals surface area contributed by atoms with Crippen LogP contribution in [0.4, 0.5) is 0 Å². The Morgan fingerprint density at radius 2 is 2.12 bits per heavy atom. The van der Waals surface area contributed by atoms with Crippen LogP contribution in [0, 0.1) is 0 Å². The highest BCUT2D eigenvalue weighted by Gasteiger charge is 2.09. The van der Waals surface area contributed by atoms with E-state index >= 15 is 0 Å². The van der Waals surface area contributed by atoms with Crippen LogP contribution in [0.1, 0.15) is 41.5 Å². The number of pyridine rings is 2. The first-order chi connectivity index (χ1) is 11.6. The molecular weight excluding hydrogens is 302 g/mol. The van der Waals surface area contributed by atoms with Gasteiger partial charge in [-0.15, -0.1) is 0 Å². The van der Waals surface area contributed by atoms with Crippen LogP contribution in [0.5, 0.6) is 0 Å². The monoisotopic (exact) mass is 321 g/mol. The van der Waals surface area contributed by atoms with Gasteiger partial charge in [-0.25, -0.2) is 15.0 Å². The number of nitrogens with one attached hydrogen (secondary N) is 1. The fourth-order valence-electron chi connectivity index (χ4n) is 2.24. The molecule has 0 spiro atoms. The Morgan fingerprint density at radius 1 is 1.25 bits per heavy atom. The molecule has 0 radical (unpaired) electrons. The molecule has 122 valence electrons. The molecule has 0 saturated heterocycles. The van der Waals surface area contributed by atoms with E-state index in [1.165, 1.54) is 0 Å². The lowest BCUT2D eigenvalue weighted by molar-refractivity contribution is 0.0945. The molecule has 0 bridgehead atoms. The Hall–Kier alpha value is -3.02. The van der Waals surface area contributed by atoms with Gasteiger partial charge in [0, 0.05) is 30.8 Å². The first kappa shape index (κ1) is 15.9. The van der Waals surface area contributed by atoms with E-state index in [2.05, 4.69) is 34.1 Å². The van der Waals surface area contributed by atoms with Gasteiger partial charge < -0.3 is 5.32 Å². The Bertz CT molecular complexity index is 810. The Balaban J connectivity index is 1.63. The lowest BCUT2D eigenvalue weighted by atomic mass is 10.1. The average molecular weight is 321 g/mol. The summed E-state index contributed by atoms with van der Waals surface area (Å²) >= 11 is 0. The highest BCUT2D eigenvalue weighted by atomic mass is 16.1. The minimum Gasteiger partial charge on any atom is -0.347 e. The third kappa shape index (κ3) is 3.65. The molecule has 6 nitrogen and oxygen atoms in total. The van der Waals surface area contributed by atoms with E-state index in [9.17, 15) is 4.79 Å². The fourth-order valence-corrected chi connectivity index (χ4v) is 2.24. The molecule has 0 atom stereocenters. The average Bonchev–Trinajstić information content (AvgIpc) is 3.15. The molecule has 1 amide bonds. The topological polar surface area (TPSA) is 72.7 Å². The fraction of sp³-hybridized carbons (Fsp3) is 0.222. The lowest BCUT2D eigenvalue weighted by Crippen LogP contribution is -2.24. The highest BCUT2D eigenvalue weighted by molar-refractivity contribution is 5.92. The van der Waals surface area contributed by atoms with Crippen LogP contribution < -0.4 is 5.32 Å². The van der Waals surface area contributed by atoms with Crippen molar-refractivity contribution in [3.8, 4) is 5.82 Å². The zero-order valence-corrected chi connectivity index (χ0v) is 13.7. The smallest absolute Gasteiger partial charge is 0.270 e. The van der Waals surface area contributed by atoms with Crippen molar-refractivity contribution in [1.82, 2.24) is 24.8 Å². The number of hydrogen-bond acceptors (Lipinski definition) is 4. The minimum absolute atomic E-state index is 0.184. The molecule has 3 heterocycles. The SMILES string of the molecule is CC(C)c1cccc(C(=O)NCc2ccc(-n3ccnc3)nc2)n1. The summed E-state index contributed by atoms with van der Waals surface area (Å²) in [5.74, 6) is 0.891. The van der Waals surface area contributed by atoms with Crippen molar-refractivity contribution < 1.29 is 4.79 Å². The van der Waals surface area contributed by atoms with Gasteiger partial charge in [-0.2, -0.15) is 0 Å². The summed E-state index contributed by atoms with van der Waals surface area (Å²) in [5.41, 5.74) is 2.27. The molecule has 6 heteroatoms. The normalized spacial score (nSPS) is 10.8. The zero-order valence-electron chi connectivity index (χ0n) is 13.7. The molecule has 0 fully saturated rings. The maximum Gasteiger partial charge on any atom is 0.270 e. The summed E-state index contributed by atoms with van der Waals surface area (Å²) in [7, 11) is 0. The van der Waals surface area contributed by atoms with Crippen LogP contribution in [0.25, 0.3) is 5.82 Å². The van der Waals surface area contributed by atoms with Crippen LogP contribution in [0.15, 0.2) is 55.2 Å². The molecule has 1 N–H and O–H groups in total. The standard InChI is InChI=1S/C18H19N5O/c1-13(2)15-4-3-5-16(22-15)18(24)21-11-14-6-7-17(20-10-14)23-9-8-19-12-23/h3-10,12-13H,11H2,1-2H3,(H,21,24). The van der Waals surface area contributed by atoms with Crippen molar-refractivity contribution in [3.63, 3.8) is 0 Å². The number of amides is 1. The number of nitrogens with zero attached hydrogens (tertiary/aromatic N) is 4. The maximum atomic E-state index is 12.2. The first-order valence-electron chi connectivity index (χ1n) is 7.82. The third-order valence-corrected chi connectivity index (χ3v) is 3.63. The lowest BCUT2D eigenvalue weighted by Gasteiger charge is -2.08. The van der Waals surface area contributed by atoms with Gasteiger partial charge in [0.1, 0.15) is 17.8 Å². The molecule has 0 aromatic carbocycles. The van der Waals surface area contributed by atoms with Gasteiger partial charge in [0.2, 0.25) is 0 Å². The number of hydrogen-bond donors (Lipinski definition) is 1. The molecule has 0 aliphatic carbocycles. The number of carbonyl (C=O) groups excluding carboxylic acids is 1. The molecule has 0 aliphatic rings. The molecule has 3 aromatic heterocycles. The summed E-state index contributed by atoms with van der Waals surface area (Å²) in [5, 5.41) is 2.88. The first-order valence-corrected chi connectivity index (χ1v) is 7.82. The Labute approximate surface area is 140 Å². The predicted octanol–water partition coefficient (Wildman–Crippen LogP) is 2.72. The van der Waals surface area contributed by atoms with Gasteiger partial charge in [0.25, 0.3) is 5.91 Å². The summed E-state index contributed by atoms with van der Waals surface area (Å²) in [6, 6.07) is 9.34. The largest absolute Gasteiger partial charge is 0.347 e. The van der Waals surface area contributed by atoms with Gasteiger partial charge in [-0.05, 0) is 29.7 Å². The van der Waals surface area contributed by atoms with Gasteiger partial charge >= 0.3 is 0 Å². The summed E-state index contributed by atoms with van der Waals surface area (Å²) in [4.78, 5) is 25.0. The van der Waals surface area contributed by atoms with Crippen molar-refractivity contribution >= 4 is 5.91 Å². The molecule has 0 unspecified atom stereocenters. The van der Waals surface area contributed by atoms with Crippen LogP contribution >= 0.6 is 0 Å². The predicted molar refractivity (Wildman–Crippen MR) is 90.9 cm³/mol. The zero-order chi connectivity index (χ0) is 16.9. The molecular formula is C18H19N5O. The second-order valence-corrected chi connectivity index (χ2v) is 5.78. The summed E-state index contributed by atoms with van der Waals surface area (Å²) in [6.07, 6.45) is 6.97. The second kappa shape index (κ2) is 7.04.